The predicted molar refractivity (Wildman–Crippen MR) is 56.9 cm³/mol. The minimum Gasteiger partial charge on any atom is -0.396 e. The third-order valence-electron chi connectivity index (χ3n) is 2.30. The van der Waals surface area contributed by atoms with Crippen LogP contribution in [-0.4, -0.2) is 23.7 Å². The zero-order chi connectivity index (χ0) is 11.5. The Hall–Kier alpha value is -1.94. The molecule has 0 saturated heterocycles. The molecule has 1 heterocycles. The van der Waals surface area contributed by atoms with E-state index in [2.05, 4.69) is 4.74 Å². The smallest absolute Gasteiger partial charge is 0.347 e. The minimum atomic E-state index is -0.607. The van der Waals surface area contributed by atoms with E-state index < -0.39 is 11.9 Å². The maximum Gasteiger partial charge on any atom is 0.347 e. The van der Waals surface area contributed by atoms with Crippen molar-refractivity contribution in [2.24, 2.45) is 0 Å². The van der Waals surface area contributed by atoms with E-state index in [-0.39, 0.29) is 6.61 Å². The first-order valence-corrected chi connectivity index (χ1v) is 4.91. The first-order chi connectivity index (χ1) is 7.74. The molecule has 82 valence electrons. The lowest BCUT2D eigenvalue weighted by atomic mass is 10.0. The van der Waals surface area contributed by atoms with E-state index in [1.165, 1.54) is 0 Å². The molecule has 1 N–H and O–H groups in total. The summed E-state index contributed by atoms with van der Waals surface area (Å²) in [6.45, 7) is 0.0505. The van der Waals surface area contributed by atoms with Crippen molar-refractivity contribution >= 4 is 18.0 Å². The topological polar surface area (TPSA) is 63.6 Å². The van der Waals surface area contributed by atoms with Crippen molar-refractivity contribution in [3.05, 3.63) is 41.0 Å². The van der Waals surface area contributed by atoms with E-state index in [1.54, 1.807) is 30.4 Å². The summed E-state index contributed by atoms with van der Waals surface area (Å²) < 4.78 is 4.52. The summed E-state index contributed by atoms with van der Waals surface area (Å²) in [5.74, 6) is -1.21. The maximum absolute atomic E-state index is 11.4. The molecule has 2 rings (SSSR count). The molecule has 16 heavy (non-hydrogen) atoms. The fourth-order valence-corrected chi connectivity index (χ4v) is 1.58. The van der Waals surface area contributed by atoms with E-state index in [4.69, 9.17) is 5.11 Å². The number of aliphatic hydroxyl groups excluding tert-OH is 1. The summed E-state index contributed by atoms with van der Waals surface area (Å²) in [4.78, 5) is 22.7. The average Bonchev–Trinajstić information content (AvgIpc) is 2.56. The number of carbonyl (C=O) groups is 2. The number of esters is 2. The Bertz CT molecular complexity index is 474. The standard InChI is InChI=1S/C12H10O4/c13-7-2-1-4-8-5-3-6-9-10(8)12(15)16-11(9)14/h1,3-6,13H,2,7H2. The van der Waals surface area contributed by atoms with Gasteiger partial charge in [0.05, 0.1) is 11.1 Å². The van der Waals surface area contributed by atoms with Crippen LogP contribution in [0.3, 0.4) is 0 Å². The molecule has 0 saturated carbocycles. The maximum atomic E-state index is 11.4. The number of cyclic esters (lactones) is 2. The van der Waals surface area contributed by atoms with Crippen molar-refractivity contribution in [1.82, 2.24) is 0 Å². The first kappa shape index (κ1) is 10.6. The molecule has 0 aromatic heterocycles. The summed E-state index contributed by atoms with van der Waals surface area (Å²) in [6, 6.07) is 4.98. The van der Waals surface area contributed by atoms with Gasteiger partial charge in [-0.05, 0) is 18.1 Å². The third-order valence-corrected chi connectivity index (χ3v) is 2.30. The highest BCUT2D eigenvalue weighted by Crippen LogP contribution is 2.24. The van der Waals surface area contributed by atoms with Crippen LogP contribution in [-0.2, 0) is 4.74 Å². The van der Waals surface area contributed by atoms with Gasteiger partial charge >= 0.3 is 11.9 Å². The molecule has 4 nitrogen and oxygen atoms in total. The van der Waals surface area contributed by atoms with Crippen molar-refractivity contribution in [3.63, 3.8) is 0 Å². The summed E-state index contributed by atoms with van der Waals surface area (Å²) in [6.07, 6.45) is 3.95. The van der Waals surface area contributed by atoms with E-state index >= 15 is 0 Å². The van der Waals surface area contributed by atoms with Crippen LogP contribution < -0.4 is 0 Å². The molecule has 1 aliphatic rings. The number of carbonyl (C=O) groups excluding carboxylic acids is 2. The van der Waals surface area contributed by atoms with Gasteiger partial charge in [0.1, 0.15) is 0 Å². The zero-order valence-corrected chi connectivity index (χ0v) is 8.47. The Labute approximate surface area is 92.2 Å². The number of ether oxygens (including phenoxy) is 1. The molecule has 4 heteroatoms. The van der Waals surface area contributed by atoms with Crippen molar-refractivity contribution in [2.75, 3.05) is 6.61 Å². The van der Waals surface area contributed by atoms with Gasteiger partial charge in [0, 0.05) is 6.61 Å². The highest BCUT2D eigenvalue weighted by Gasteiger charge is 2.31. The molecule has 0 atom stereocenters. The molecule has 0 spiro atoms. The third kappa shape index (κ3) is 1.75. The van der Waals surface area contributed by atoms with E-state index in [1.807, 2.05) is 0 Å². The molecular weight excluding hydrogens is 208 g/mol. The molecular formula is C12H10O4. The van der Waals surface area contributed by atoms with Gasteiger partial charge in [-0.1, -0.05) is 24.3 Å². The van der Waals surface area contributed by atoms with Gasteiger partial charge in [0.25, 0.3) is 0 Å². The Kier molecular flexibility index (Phi) is 2.83. The fourth-order valence-electron chi connectivity index (χ4n) is 1.58. The van der Waals surface area contributed by atoms with Crippen LogP contribution >= 0.6 is 0 Å². The monoisotopic (exact) mass is 218 g/mol. The average molecular weight is 218 g/mol. The van der Waals surface area contributed by atoms with Crippen LogP contribution in [0.15, 0.2) is 24.3 Å². The molecule has 0 fully saturated rings. The molecule has 0 radical (unpaired) electrons. The van der Waals surface area contributed by atoms with Crippen LogP contribution in [0.25, 0.3) is 6.08 Å². The molecule has 0 unspecified atom stereocenters. The summed E-state index contributed by atoms with van der Waals surface area (Å²) in [5.41, 5.74) is 1.25. The van der Waals surface area contributed by atoms with Crippen LogP contribution in [0.1, 0.15) is 32.7 Å². The van der Waals surface area contributed by atoms with E-state index in [0.717, 1.165) is 0 Å². The first-order valence-electron chi connectivity index (χ1n) is 4.91. The second-order valence-electron chi connectivity index (χ2n) is 3.36. The van der Waals surface area contributed by atoms with Gasteiger partial charge in [-0.15, -0.1) is 0 Å². The Morgan fingerprint density at radius 1 is 1.25 bits per heavy atom. The predicted octanol–water partition coefficient (Wildman–Crippen LogP) is 1.39. The number of hydrogen-bond acceptors (Lipinski definition) is 4. The van der Waals surface area contributed by atoms with E-state index in [0.29, 0.717) is 23.1 Å². The SMILES string of the molecule is O=C1OC(=O)c2c(C=CCCO)cccc21. The summed E-state index contributed by atoms with van der Waals surface area (Å²) in [5, 5.41) is 8.63. The Morgan fingerprint density at radius 3 is 2.81 bits per heavy atom. The van der Waals surface area contributed by atoms with Crippen molar-refractivity contribution in [2.45, 2.75) is 6.42 Å². The molecule has 1 aliphatic heterocycles. The van der Waals surface area contributed by atoms with E-state index in [9.17, 15) is 9.59 Å². The van der Waals surface area contributed by atoms with Crippen molar-refractivity contribution in [3.8, 4) is 0 Å². The number of rotatable bonds is 3. The summed E-state index contributed by atoms with van der Waals surface area (Å²) >= 11 is 0. The van der Waals surface area contributed by atoms with Gasteiger partial charge in [-0.25, -0.2) is 9.59 Å². The fraction of sp³-hybridized carbons (Fsp3) is 0.167. The Morgan fingerprint density at radius 2 is 2.06 bits per heavy atom. The van der Waals surface area contributed by atoms with Gasteiger partial charge < -0.3 is 9.84 Å². The van der Waals surface area contributed by atoms with Crippen LogP contribution in [0.5, 0.6) is 0 Å². The van der Waals surface area contributed by atoms with Crippen molar-refractivity contribution in [1.29, 1.82) is 0 Å². The highest BCUT2D eigenvalue weighted by molar-refractivity contribution is 6.16. The lowest BCUT2D eigenvalue weighted by Crippen LogP contribution is -1.98. The number of hydrogen-bond donors (Lipinski definition) is 1. The van der Waals surface area contributed by atoms with Crippen LogP contribution in [0, 0.1) is 0 Å². The molecule has 1 aromatic carbocycles. The quantitative estimate of drug-likeness (QED) is 0.615. The normalized spacial score (nSPS) is 14.3. The molecule has 0 amide bonds. The lowest BCUT2D eigenvalue weighted by molar-refractivity contribution is 0.0444. The van der Waals surface area contributed by atoms with Crippen LogP contribution in [0.4, 0.5) is 0 Å². The number of fused-ring (bicyclic) bond motifs is 1. The van der Waals surface area contributed by atoms with Gasteiger partial charge in [0.15, 0.2) is 0 Å². The van der Waals surface area contributed by atoms with Crippen molar-refractivity contribution < 1.29 is 19.4 Å². The number of benzene rings is 1. The minimum absolute atomic E-state index is 0.0505. The summed E-state index contributed by atoms with van der Waals surface area (Å²) in [7, 11) is 0. The molecule has 0 bridgehead atoms. The second-order valence-corrected chi connectivity index (χ2v) is 3.36. The highest BCUT2D eigenvalue weighted by atomic mass is 16.6. The van der Waals surface area contributed by atoms with Gasteiger partial charge in [-0.2, -0.15) is 0 Å². The molecule has 0 aliphatic carbocycles. The van der Waals surface area contributed by atoms with Gasteiger partial charge in [-0.3, -0.25) is 0 Å². The largest absolute Gasteiger partial charge is 0.396 e. The molecule has 1 aromatic rings. The Balaban J connectivity index is 2.41. The lowest BCUT2D eigenvalue weighted by Gasteiger charge is -1.98. The zero-order valence-electron chi connectivity index (χ0n) is 8.47. The van der Waals surface area contributed by atoms with Crippen LogP contribution in [0.2, 0.25) is 0 Å². The second kappa shape index (κ2) is 4.28. The number of aliphatic hydroxyl groups is 1. The van der Waals surface area contributed by atoms with Gasteiger partial charge in [0.2, 0.25) is 0 Å².